The van der Waals surface area contributed by atoms with Crippen LogP contribution >= 0.6 is 27.5 Å². The van der Waals surface area contributed by atoms with Gasteiger partial charge in [0.15, 0.2) is 0 Å². The number of nitrogens with one attached hydrogen (secondary N) is 1. The molecule has 0 amide bonds. The van der Waals surface area contributed by atoms with E-state index in [0.29, 0.717) is 4.47 Å². The lowest BCUT2D eigenvalue weighted by Gasteiger charge is -2.05. The van der Waals surface area contributed by atoms with Gasteiger partial charge in [0.2, 0.25) is 5.71 Å². The van der Waals surface area contributed by atoms with E-state index in [9.17, 15) is 10.1 Å². The summed E-state index contributed by atoms with van der Waals surface area (Å²) in [4.78, 5) is 10.2. The Bertz CT molecular complexity index is 601. The highest BCUT2D eigenvalue weighted by Gasteiger charge is 2.18. The zero-order chi connectivity index (χ0) is 13.7. The molecule has 1 aromatic carbocycles. The smallest absolute Gasteiger partial charge is 0.269 e. The highest BCUT2D eigenvalue weighted by molar-refractivity contribution is 9.10. The third-order valence-electron chi connectivity index (χ3n) is 1.72. The fraction of sp³-hybridized carbons (Fsp3) is 0. The largest absolute Gasteiger partial charge is 0.296 e. The average molecular weight is 329 g/mol. The van der Waals surface area contributed by atoms with Crippen molar-refractivity contribution in [2.75, 3.05) is 5.43 Å². The second kappa shape index (κ2) is 5.96. The number of nitrogens with zero attached hydrogens (tertiary/aromatic N) is 4. The molecular weight excluding hydrogens is 325 g/mol. The van der Waals surface area contributed by atoms with Crippen molar-refractivity contribution in [3.05, 3.63) is 31.7 Å². The number of nitriles is 2. The number of rotatable bonds is 3. The number of nitro benzene ring substituents is 1. The average Bonchev–Trinajstić information content (AvgIpc) is 2.31. The quantitative estimate of drug-likeness (QED) is 0.520. The van der Waals surface area contributed by atoms with Crippen molar-refractivity contribution in [3.8, 4) is 12.1 Å². The minimum absolute atomic E-state index is 0.00685. The molecule has 0 atom stereocenters. The van der Waals surface area contributed by atoms with E-state index in [4.69, 9.17) is 22.1 Å². The molecule has 7 nitrogen and oxygen atoms in total. The fourth-order valence-corrected chi connectivity index (χ4v) is 1.88. The molecule has 18 heavy (non-hydrogen) atoms. The molecule has 1 aromatic rings. The van der Waals surface area contributed by atoms with Gasteiger partial charge in [-0.3, -0.25) is 15.5 Å². The van der Waals surface area contributed by atoms with Gasteiger partial charge in [-0.15, -0.1) is 0 Å². The van der Waals surface area contributed by atoms with Gasteiger partial charge in [0.1, 0.15) is 17.8 Å². The number of anilines is 1. The van der Waals surface area contributed by atoms with Gasteiger partial charge in [-0.1, -0.05) is 11.6 Å². The second-order valence-electron chi connectivity index (χ2n) is 2.83. The number of benzene rings is 1. The predicted octanol–water partition coefficient (Wildman–Crippen LogP) is 2.83. The van der Waals surface area contributed by atoms with Crippen LogP contribution in [0.5, 0.6) is 0 Å². The standard InChI is InChI=1S/C9H3BrClN5O2/c10-7-1-5(11)2-8(16(17)18)9(7)15-14-6(3-12)4-13/h1-2,15H. The summed E-state index contributed by atoms with van der Waals surface area (Å²) in [7, 11) is 0. The molecule has 90 valence electrons. The predicted molar refractivity (Wildman–Crippen MR) is 68.1 cm³/mol. The van der Waals surface area contributed by atoms with Gasteiger partial charge >= 0.3 is 0 Å². The third-order valence-corrected chi connectivity index (χ3v) is 2.57. The molecule has 0 bridgehead atoms. The Hall–Kier alpha value is -2.16. The van der Waals surface area contributed by atoms with Crippen molar-refractivity contribution < 1.29 is 4.92 Å². The molecule has 0 fully saturated rings. The van der Waals surface area contributed by atoms with Crippen LogP contribution in [0.3, 0.4) is 0 Å². The Morgan fingerprint density at radius 1 is 1.50 bits per heavy atom. The lowest BCUT2D eigenvalue weighted by molar-refractivity contribution is -0.384. The van der Waals surface area contributed by atoms with Gasteiger partial charge in [-0.2, -0.15) is 15.6 Å². The first kappa shape index (κ1) is 13.9. The zero-order valence-electron chi connectivity index (χ0n) is 8.52. The van der Waals surface area contributed by atoms with E-state index in [1.54, 1.807) is 0 Å². The van der Waals surface area contributed by atoms with Crippen LogP contribution < -0.4 is 5.43 Å². The highest BCUT2D eigenvalue weighted by Crippen LogP contribution is 2.35. The van der Waals surface area contributed by atoms with Crippen LogP contribution in [0.4, 0.5) is 11.4 Å². The second-order valence-corrected chi connectivity index (χ2v) is 4.13. The van der Waals surface area contributed by atoms with Gasteiger partial charge in [0, 0.05) is 11.1 Å². The molecular formula is C9H3BrClN5O2. The number of halogens is 2. The first-order valence-corrected chi connectivity index (χ1v) is 5.44. The molecule has 1 rings (SSSR count). The van der Waals surface area contributed by atoms with E-state index >= 15 is 0 Å². The van der Waals surface area contributed by atoms with Crippen molar-refractivity contribution in [2.45, 2.75) is 0 Å². The van der Waals surface area contributed by atoms with Crippen LogP contribution in [-0.4, -0.2) is 10.6 Å². The lowest BCUT2D eigenvalue weighted by atomic mass is 10.3. The monoisotopic (exact) mass is 327 g/mol. The van der Waals surface area contributed by atoms with E-state index in [2.05, 4.69) is 26.5 Å². The number of nitro groups is 1. The molecule has 0 saturated heterocycles. The van der Waals surface area contributed by atoms with Gasteiger partial charge in [-0.05, 0) is 22.0 Å². The van der Waals surface area contributed by atoms with Crippen LogP contribution in [-0.2, 0) is 0 Å². The van der Waals surface area contributed by atoms with Crippen molar-refractivity contribution in [1.82, 2.24) is 0 Å². The Balaban J connectivity index is 3.26. The molecule has 9 heteroatoms. The third kappa shape index (κ3) is 3.17. The Morgan fingerprint density at radius 3 is 2.61 bits per heavy atom. The van der Waals surface area contributed by atoms with E-state index in [0.717, 1.165) is 6.07 Å². The Kier molecular flexibility index (Phi) is 4.60. The minimum Gasteiger partial charge on any atom is -0.269 e. The maximum absolute atomic E-state index is 10.8. The van der Waals surface area contributed by atoms with E-state index in [1.807, 2.05) is 0 Å². The first-order valence-electron chi connectivity index (χ1n) is 4.27. The normalized spacial score (nSPS) is 8.89. The van der Waals surface area contributed by atoms with Crippen molar-refractivity contribution in [2.24, 2.45) is 5.10 Å². The van der Waals surface area contributed by atoms with Crippen molar-refractivity contribution in [1.29, 1.82) is 10.5 Å². The van der Waals surface area contributed by atoms with E-state index < -0.39 is 10.6 Å². The van der Waals surface area contributed by atoms with E-state index in [1.165, 1.54) is 18.2 Å². The molecule has 1 N–H and O–H groups in total. The highest BCUT2D eigenvalue weighted by atomic mass is 79.9. The summed E-state index contributed by atoms with van der Waals surface area (Å²) in [6.45, 7) is 0. The Morgan fingerprint density at radius 2 is 2.11 bits per heavy atom. The molecule has 0 aliphatic rings. The van der Waals surface area contributed by atoms with Crippen LogP contribution in [0, 0.1) is 32.8 Å². The molecule has 0 unspecified atom stereocenters. The van der Waals surface area contributed by atoms with Gasteiger partial charge in [-0.25, -0.2) is 0 Å². The first-order chi connectivity index (χ1) is 8.49. The van der Waals surface area contributed by atoms with Crippen molar-refractivity contribution >= 4 is 44.6 Å². The molecule has 0 saturated carbocycles. The fourth-order valence-electron chi connectivity index (χ4n) is 1.00. The molecule has 0 aliphatic heterocycles. The molecule has 0 radical (unpaired) electrons. The minimum atomic E-state index is -0.660. The maximum atomic E-state index is 10.8. The summed E-state index contributed by atoms with van der Waals surface area (Å²) < 4.78 is 0.292. The number of hydrogen-bond acceptors (Lipinski definition) is 6. The summed E-state index contributed by atoms with van der Waals surface area (Å²) in [6.07, 6.45) is 0. The van der Waals surface area contributed by atoms with Crippen LogP contribution in [0.25, 0.3) is 0 Å². The van der Waals surface area contributed by atoms with Crippen LogP contribution in [0.15, 0.2) is 21.7 Å². The summed E-state index contributed by atoms with van der Waals surface area (Å²) in [6, 6.07) is 5.58. The molecule has 0 spiro atoms. The SMILES string of the molecule is N#CC(C#N)=NNc1c(Br)cc(Cl)cc1[N+](=O)[O-]. The summed E-state index contributed by atoms with van der Waals surface area (Å²) in [5.41, 5.74) is 1.52. The van der Waals surface area contributed by atoms with Crippen LogP contribution in [0.2, 0.25) is 5.02 Å². The van der Waals surface area contributed by atoms with Gasteiger partial charge in [0.05, 0.1) is 9.40 Å². The summed E-state index contributed by atoms with van der Waals surface area (Å²) >= 11 is 8.75. The summed E-state index contributed by atoms with van der Waals surface area (Å²) in [5.74, 6) is 0. The van der Waals surface area contributed by atoms with E-state index in [-0.39, 0.29) is 16.4 Å². The van der Waals surface area contributed by atoms with Crippen molar-refractivity contribution in [3.63, 3.8) is 0 Å². The maximum Gasteiger partial charge on any atom is 0.296 e. The Labute approximate surface area is 115 Å². The molecule has 0 aliphatic carbocycles. The number of hydrogen-bond donors (Lipinski definition) is 1. The number of hydrazone groups is 1. The molecule has 0 heterocycles. The summed E-state index contributed by atoms with van der Waals surface area (Å²) in [5, 5.41) is 31.4. The topological polar surface area (TPSA) is 115 Å². The van der Waals surface area contributed by atoms with Crippen LogP contribution in [0.1, 0.15) is 0 Å². The molecule has 0 aromatic heterocycles. The van der Waals surface area contributed by atoms with Gasteiger partial charge < -0.3 is 0 Å². The zero-order valence-corrected chi connectivity index (χ0v) is 10.9. The van der Waals surface area contributed by atoms with Gasteiger partial charge in [0.25, 0.3) is 5.69 Å². The lowest BCUT2D eigenvalue weighted by Crippen LogP contribution is -2.00.